The Balaban J connectivity index is 1.71. The van der Waals surface area contributed by atoms with Crippen LogP contribution in [0.1, 0.15) is 6.92 Å². The third-order valence-corrected chi connectivity index (χ3v) is 5.21. The third-order valence-electron chi connectivity index (χ3n) is 5.21. The predicted octanol–water partition coefficient (Wildman–Crippen LogP) is 3.40. The fraction of sp³-hybridized carbons (Fsp3) is 0.227. The van der Waals surface area contributed by atoms with Crippen LogP contribution in [0.3, 0.4) is 0 Å². The maximum absolute atomic E-state index is 13.9. The highest BCUT2D eigenvalue weighted by molar-refractivity contribution is 5.81. The van der Waals surface area contributed by atoms with Crippen LogP contribution in [-0.4, -0.2) is 45.3 Å². The second-order valence-electron chi connectivity index (χ2n) is 7.32. The van der Waals surface area contributed by atoms with Gasteiger partial charge in [0.2, 0.25) is 0 Å². The van der Waals surface area contributed by atoms with E-state index in [1.807, 2.05) is 34.8 Å². The van der Waals surface area contributed by atoms with Gasteiger partial charge in [-0.15, -0.1) is 5.10 Å². The molecule has 0 radical (unpaired) electrons. The summed E-state index contributed by atoms with van der Waals surface area (Å²) in [6.45, 7) is 4.90. The molecular formula is C22H21FN6. The molecule has 0 bridgehead atoms. The number of rotatable bonds is 3. The van der Waals surface area contributed by atoms with Crippen molar-refractivity contribution in [2.45, 2.75) is 13.0 Å². The van der Waals surface area contributed by atoms with Gasteiger partial charge in [-0.3, -0.25) is 4.98 Å². The topological polar surface area (TPSA) is 58.4 Å². The molecule has 6 nitrogen and oxygen atoms in total. The van der Waals surface area contributed by atoms with Crippen molar-refractivity contribution in [2.24, 2.45) is 0 Å². The van der Waals surface area contributed by atoms with E-state index in [0.29, 0.717) is 11.7 Å². The van der Waals surface area contributed by atoms with Gasteiger partial charge in [0.15, 0.2) is 5.65 Å². The lowest BCUT2D eigenvalue weighted by Crippen LogP contribution is -2.49. The molecule has 29 heavy (non-hydrogen) atoms. The van der Waals surface area contributed by atoms with Gasteiger partial charge in [-0.05, 0) is 43.3 Å². The van der Waals surface area contributed by atoms with Crippen molar-refractivity contribution in [2.75, 3.05) is 24.5 Å². The third kappa shape index (κ3) is 3.34. The summed E-state index contributed by atoms with van der Waals surface area (Å²) in [5.41, 5.74) is 3.92. The van der Waals surface area contributed by atoms with Crippen molar-refractivity contribution in [3.63, 3.8) is 0 Å². The Bertz CT molecular complexity index is 1160. The van der Waals surface area contributed by atoms with Gasteiger partial charge in [-0.2, -0.15) is 0 Å². The van der Waals surface area contributed by atoms with Crippen LogP contribution in [0.15, 0.2) is 60.9 Å². The standard InChI is InChI=1S/C22H21FN6/c1-15-14-28(12-11-25-15)20-6-5-19-26-21(17-3-2-4-18(23)13-17)22(29(19)27-20)16-7-9-24-10-8-16/h2-10,13,15,25H,11-12,14H2,1H3/t15-/m1/s1. The molecule has 0 unspecified atom stereocenters. The molecule has 0 amide bonds. The van der Waals surface area contributed by atoms with Gasteiger partial charge in [0, 0.05) is 49.2 Å². The fourth-order valence-corrected chi connectivity index (χ4v) is 3.84. The number of halogens is 1. The Morgan fingerprint density at radius 2 is 1.93 bits per heavy atom. The zero-order valence-corrected chi connectivity index (χ0v) is 16.1. The van der Waals surface area contributed by atoms with Gasteiger partial charge in [0.05, 0.1) is 5.69 Å². The van der Waals surface area contributed by atoms with Crippen molar-refractivity contribution in [1.29, 1.82) is 0 Å². The molecule has 5 rings (SSSR count). The Labute approximate surface area is 168 Å². The zero-order valence-electron chi connectivity index (χ0n) is 16.1. The number of pyridine rings is 1. The lowest BCUT2D eigenvalue weighted by Gasteiger charge is -2.32. The second-order valence-corrected chi connectivity index (χ2v) is 7.32. The number of aromatic nitrogens is 4. The molecule has 1 N–H and O–H groups in total. The first-order valence-corrected chi connectivity index (χ1v) is 9.73. The zero-order chi connectivity index (χ0) is 19.8. The number of hydrogen-bond acceptors (Lipinski definition) is 5. The molecule has 4 heterocycles. The Morgan fingerprint density at radius 3 is 2.72 bits per heavy atom. The molecule has 1 aromatic carbocycles. The van der Waals surface area contributed by atoms with Gasteiger partial charge in [0.25, 0.3) is 0 Å². The highest BCUT2D eigenvalue weighted by atomic mass is 19.1. The Hall–Kier alpha value is -3.32. The summed E-state index contributed by atoms with van der Waals surface area (Å²) in [5, 5.41) is 8.37. The molecule has 1 fully saturated rings. The highest BCUT2D eigenvalue weighted by Gasteiger charge is 2.21. The van der Waals surface area contributed by atoms with E-state index in [0.717, 1.165) is 47.9 Å². The molecule has 4 aromatic rings. The first-order chi connectivity index (χ1) is 14.2. The fourth-order valence-electron chi connectivity index (χ4n) is 3.84. The average Bonchev–Trinajstić information content (AvgIpc) is 3.13. The second kappa shape index (κ2) is 7.25. The maximum Gasteiger partial charge on any atom is 0.155 e. The largest absolute Gasteiger partial charge is 0.352 e. The number of fused-ring (bicyclic) bond motifs is 1. The predicted molar refractivity (Wildman–Crippen MR) is 111 cm³/mol. The molecule has 7 heteroatoms. The minimum Gasteiger partial charge on any atom is -0.352 e. The summed E-state index contributed by atoms with van der Waals surface area (Å²) >= 11 is 0. The molecule has 0 aliphatic carbocycles. The van der Waals surface area contributed by atoms with Crippen molar-refractivity contribution < 1.29 is 4.39 Å². The van der Waals surface area contributed by atoms with Crippen molar-refractivity contribution >= 4 is 11.5 Å². The normalized spacial score (nSPS) is 17.0. The van der Waals surface area contributed by atoms with E-state index in [9.17, 15) is 4.39 Å². The molecule has 3 aromatic heterocycles. The number of piperazine rings is 1. The smallest absolute Gasteiger partial charge is 0.155 e. The number of imidazole rings is 1. The monoisotopic (exact) mass is 388 g/mol. The van der Waals surface area contributed by atoms with Gasteiger partial charge >= 0.3 is 0 Å². The van der Waals surface area contributed by atoms with Crippen LogP contribution >= 0.6 is 0 Å². The molecule has 1 aliphatic heterocycles. The first-order valence-electron chi connectivity index (χ1n) is 9.73. The van der Waals surface area contributed by atoms with Crippen molar-refractivity contribution in [1.82, 2.24) is 24.9 Å². The lowest BCUT2D eigenvalue weighted by atomic mass is 10.1. The van der Waals surface area contributed by atoms with Crippen molar-refractivity contribution in [3.05, 3.63) is 66.7 Å². The Kier molecular flexibility index (Phi) is 4.44. The summed E-state index contributed by atoms with van der Waals surface area (Å²) in [6.07, 6.45) is 3.48. The van der Waals surface area contributed by atoms with E-state index in [1.54, 1.807) is 18.5 Å². The van der Waals surface area contributed by atoms with Crippen LogP contribution in [0.25, 0.3) is 28.2 Å². The minimum absolute atomic E-state index is 0.288. The van der Waals surface area contributed by atoms with E-state index < -0.39 is 0 Å². The molecule has 146 valence electrons. The molecule has 1 saturated heterocycles. The van der Waals surface area contributed by atoms with E-state index in [-0.39, 0.29) is 5.82 Å². The van der Waals surface area contributed by atoms with E-state index in [2.05, 4.69) is 22.1 Å². The number of benzene rings is 1. The molecule has 1 aliphatic rings. The SMILES string of the molecule is C[C@@H]1CN(c2ccc3nc(-c4cccc(F)c4)c(-c4ccncc4)n3n2)CCN1. The molecule has 0 saturated carbocycles. The lowest BCUT2D eigenvalue weighted by molar-refractivity contribution is 0.481. The van der Waals surface area contributed by atoms with Crippen LogP contribution in [0.4, 0.5) is 10.2 Å². The van der Waals surface area contributed by atoms with Gasteiger partial charge in [-0.1, -0.05) is 12.1 Å². The molecular weight excluding hydrogens is 367 g/mol. The summed E-state index contributed by atoms with van der Waals surface area (Å²) in [6, 6.07) is 14.8. The first kappa shape index (κ1) is 17.8. The number of nitrogens with one attached hydrogen (secondary N) is 1. The number of hydrogen-bond donors (Lipinski definition) is 1. The summed E-state index contributed by atoms with van der Waals surface area (Å²) in [4.78, 5) is 11.2. The average molecular weight is 388 g/mol. The summed E-state index contributed by atoms with van der Waals surface area (Å²) in [5.74, 6) is 0.619. The van der Waals surface area contributed by atoms with Gasteiger partial charge in [-0.25, -0.2) is 13.9 Å². The summed E-state index contributed by atoms with van der Waals surface area (Å²) in [7, 11) is 0. The van der Waals surface area contributed by atoms with Gasteiger partial charge in [0.1, 0.15) is 17.3 Å². The molecule has 1 atom stereocenters. The van der Waals surface area contributed by atoms with Crippen LogP contribution in [0.5, 0.6) is 0 Å². The van der Waals surface area contributed by atoms with Crippen LogP contribution in [-0.2, 0) is 0 Å². The van der Waals surface area contributed by atoms with Crippen LogP contribution in [0.2, 0.25) is 0 Å². The van der Waals surface area contributed by atoms with Crippen LogP contribution in [0, 0.1) is 5.82 Å². The maximum atomic E-state index is 13.9. The van der Waals surface area contributed by atoms with Gasteiger partial charge < -0.3 is 10.2 Å². The van der Waals surface area contributed by atoms with E-state index in [4.69, 9.17) is 10.1 Å². The van der Waals surface area contributed by atoms with Crippen molar-refractivity contribution in [3.8, 4) is 22.5 Å². The Morgan fingerprint density at radius 1 is 1.07 bits per heavy atom. The van der Waals surface area contributed by atoms with E-state index >= 15 is 0 Å². The quantitative estimate of drug-likeness (QED) is 0.583. The number of anilines is 1. The number of nitrogens with zero attached hydrogens (tertiary/aromatic N) is 5. The van der Waals surface area contributed by atoms with E-state index in [1.165, 1.54) is 12.1 Å². The minimum atomic E-state index is -0.288. The summed E-state index contributed by atoms with van der Waals surface area (Å²) < 4.78 is 15.8. The molecule has 0 spiro atoms. The highest BCUT2D eigenvalue weighted by Crippen LogP contribution is 2.33. The van der Waals surface area contributed by atoms with Crippen LogP contribution < -0.4 is 10.2 Å².